The van der Waals surface area contributed by atoms with Crippen LogP contribution in [0.2, 0.25) is 16.5 Å². The quantitative estimate of drug-likeness (QED) is 0.303. The van der Waals surface area contributed by atoms with E-state index >= 15 is 0 Å². The molecule has 0 aliphatic heterocycles. The topological polar surface area (TPSA) is 18.5 Å². The summed E-state index contributed by atoms with van der Waals surface area (Å²) >= 11 is -6.22. The molecule has 0 amide bonds. The molecule has 6 rings (SSSR count). The zero-order valence-corrected chi connectivity index (χ0v) is 26.4. The van der Waals surface area contributed by atoms with Crippen LogP contribution in [-0.4, -0.2) is 6.88 Å². The van der Waals surface area contributed by atoms with E-state index in [1.807, 2.05) is 6.88 Å². The van der Waals surface area contributed by atoms with Gasteiger partial charge in [-0.2, -0.15) is 0 Å². The van der Waals surface area contributed by atoms with Gasteiger partial charge in [0.1, 0.15) is 0 Å². The van der Waals surface area contributed by atoms with Gasteiger partial charge in [0.2, 0.25) is 0 Å². The number of benzene rings is 2. The summed E-state index contributed by atoms with van der Waals surface area (Å²) in [7, 11) is 0. The van der Waals surface area contributed by atoms with Crippen molar-refractivity contribution in [3.05, 3.63) is 107 Å². The van der Waals surface area contributed by atoms with Gasteiger partial charge in [-0.25, -0.2) is 0 Å². The van der Waals surface area contributed by atoms with Crippen LogP contribution >= 0.6 is 0 Å². The van der Waals surface area contributed by atoms with Gasteiger partial charge in [-0.3, -0.25) is 0 Å². The third-order valence-electron chi connectivity index (χ3n) is 10.1. The summed E-state index contributed by atoms with van der Waals surface area (Å²) in [5.41, 5.74) is 5.69. The van der Waals surface area contributed by atoms with Gasteiger partial charge in [-0.05, 0) is 0 Å². The number of hydrogen-bond donors (Lipinski definition) is 0. The molecule has 0 N–H and O–H groups in total. The average Bonchev–Trinajstić information content (AvgIpc) is 3.54. The van der Waals surface area contributed by atoms with Gasteiger partial charge in [-0.1, -0.05) is 0 Å². The second kappa shape index (κ2) is 8.01. The molecule has 2 aromatic rings. The molecule has 0 saturated carbocycles. The fourth-order valence-corrected chi connectivity index (χ4v) is 35.8. The number of halogens is 2. The van der Waals surface area contributed by atoms with Crippen molar-refractivity contribution in [2.24, 2.45) is 0 Å². The first kappa shape index (κ1) is 26.2. The molecule has 0 bridgehead atoms. The molecular formula is C32H38F2O2SiZr. The molecule has 2 aromatic carbocycles. The molecule has 2 atom stereocenters. The van der Waals surface area contributed by atoms with Crippen molar-refractivity contribution in [3.63, 3.8) is 0 Å². The van der Waals surface area contributed by atoms with Crippen LogP contribution in [0.3, 0.4) is 0 Å². The van der Waals surface area contributed by atoms with E-state index in [1.54, 1.807) is 24.3 Å². The zero-order valence-electron chi connectivity index (χ0n) is 22.5. The summed E-state index contributed by atoms with van der Waals surface area (Å²) in [4.78, 5) is 0. The van der Waals surface area contributed by atoms with Gasteiger partial charge >= 0.3 is 223 Å². The van der Waals surface area contributed by atoms with Crippen molar-refractivity contribution in [2.75, 3.05) is 0 Å². The zero-order chi connectivity index (χ0) is 26.7. The molecule has 0 fully saturated rings. The van der Waals surface area contributed by atoms with Crippen molar-refractivity contribution in [3.8, 4) is 11.5 Å². The Morgan fingerprint density at radius 1 is 0.632 bits per heavy atom. The molecule has 0 aromatic heterocycles. The van der Waals surface area contributed by atoms with Gasteiger partial charge in [0.25, 0.3) is 0 Å². The van der Waals surface area contributed by atoms with E-state index in [9.17, 15) is 8.78 Å². The van der Waals surface area contributed by atoms with Gasteiger partial charge in [0.05, 0.1) is 0 Å². The Morgan fingerprint density at radius 3 is 1.39 bits per heavy atom. The van der Waals surface area contributed by atoms with E-state index in [0.717, 1.165) is 38.5 Å². The van der Waals surface area contributed by atoms with E-state index in [2.05, 4.69) is 33.6 Å². The summed E-state index contributed by atoms with van der Waals surface area (Å²) in [6, 6.07) is 12.8. The van der Waals surface area contributed by atoms with Crippen LogP contribution < -0.4 is 5.63 Å². The van der Waals surface area contributed by atoms with Crippen LogP contribution in [0.5, 0.6) is 11.5 Å². The molecule has 0 radical (unpaired) electrons. The first-order valence-electron chi connectivity index (χ1n) is 14.2. The summed E-state index contributed by atoms with van der Waals surface area (Å²) in [6.07, 6.45) is 18.2. The minimum atomic E-state index is -6.22. The number of hydrogen-bond acceptors (Lipinski definition) is 2. The Balaban J connectivity index is 1.70. The van der Waals surface area contributed by atoms with E-state index in [4.69, 9.17) is 5.63 Å². The first-order chi connectivity index (χ1) is 17.9. The Labute approximate surface area is 221 Å². The molecule has 4 aliphatic rings. The van der Waals surface area contributed by atoms with Gasteiger partial charge in [0, 0.05) is 0 Å². The second-order valence-electron chi connectivity index (χ2n) is 13.9. The standard InChI is InChI=1S/2C9H11.2C6H5FO.2CH3.H2Si.Zr/c2*1-2-5-9-7-3-6-8(9)4-1;2*7-5-1-3-6(8)4-2-5;;;;/h2*3,6-7H,1-2,4-5H2;2*1-4,8H;2*1H3;1H2;/q;;;;;;;+2/p-2. The normalized spacial score (nSPS) is 25.7. The number of allylic oxidation sites excluding steroid dienone is 8. The summed E-state index contributed by atoms with van der Waals surface area (Å²) in [6.45, 7) is 1.97. The monoisotopic (exact) mass is 610 g/mol. The predicted octanol–water partition coefficient (Wildman–Crippen LogP) is 9.12. The molecule has 4 aliphatic carbocycles. The van der Waals surface area contributed by atoms with Crippen LogP contribution in [0, 0.1) is 11.6 Å². The maximum absolute atomic E-state index is 14.1. The average molecular weight is 612 g/mol. The Morgan fingerprint density at radius 2 is 1.00 bits per heavy atom. The molecule has 2 nitrogen and oxygen atoms in total. The fraction of sp³-hybridized carbons (Fsp3) is 0.375. The second-order valence-corrected chi connectivity index (χ2v) is 57.2. The SMILES string of the molecule is [CH3][Zr]([CH3])(=[SiH2])([O]c1ccc(F)cc1)([O]c1ccc(F)cc1)([CH]1C=CC2=C1CCCC2)[CH]1C=CC2=C1CCCC2. The van der Waals surface area contributed by atoms with Crippen LogP contribution in [0.25, 0.3) is 0 Å². The van der Waals surface area contributed by atoms with Gasteiger partial charge in [-0.15, -0.1) is 0 Å². The van der Waals surface area contributed by atoms with E-state index in [-0.39, 0.29) is 18.9 Å². The van der Waals surface area contributed by atoms with Crippen LogP contribution in [0.4, 0.5) is 8.78 Å². The molecule has 0 saturated heterocycles. The van der Waals surface area contributed by atoms with Crippen molar-refractivity contribution in [2.45, 2.75) is 67.9 Å². The van der Waals surface area contributed by atoms with E-state index in [1.165, 1.54) is 59.4 Å². The third kappa shape index (κ3) is 3.84. The third-order valence-corrected chi connectivity index (χ3v) is 37.7. The van der Waals surface area contributed by atoms with Crippen LogP contribution in [0.15, 0.2) is 95.1 Å². The Kier molecular flexibility index (Phi) is 5.52. The van der Waals surface area contributed by atoms with Crippen LogP contribution in [-0.2, 0) is 15.3 Å². The maximum atomic E-state index is 14.1. The summed E-state index contributed by atoms with van der Waals surface area (Å²) in [5, 5.41) is 0. The Bertz CT molecular complexity index is 1450. The first-order valence-corrected chi connectivity index (χ1v) is 29.9. The molecule has 2 unspecified atom stereocenters. The molecular weight excluding hydrogens is 574 g/mol. The predicted molar refractivity (Wildman–Crippen MR) is 151 cm³/mol. The minimum absolute atomic E-state index is 0.0566. The molecule has 0 heterocycles. The molecule has 200 valence electrons. The summed E-state index contributed by atoms with van der Waals surface area (Å²) < 4.78 is 48.1. The van der Waals surface area contributed by atoms with Crippen LogP contribution in [0.1, 0.15) is 51.4 Å². The fourth-order valence-electron chi connectivity index (χ4n) is 8.35. The van der Waals surface area contributed by atoms with E-state index in [0.29, 0.717) is 11.5 Å². The van der Waals surface area contributed by atoms with Crippen molar-refractivity contribution in [1.29, 1.82) is 0 Å². The van der Waals surface area contributed by atoms with E-state index < -0.39 is 15.3 Å². The van der Waals surface area contributed by atoms with Gasteiger partial charge in [0.15, 0.2) is 0 Å². The molecule has 0 spiro atoms. The Hall–Kier alpha value is -2.04. The summed E-state index contributed by atoms with van der Waals surface area (Å²) in [5.74, 6) is 0.641. The molecule has 6 heteroatoms. The van der Waals surface area contributed by atoms with Crippen molar-refractivity contribution in [1.82, 2.24) is 0 Å². The molecule has 38 heavy (non-hydrogen) atoms. The number of rotatable bonds is 6. The van der Waals surface area contributed by atoms with Crippen molar-refractivity contribution >= 4 is 6.88 Å². The van der Waals surface area contributed by atoms with Crippen molar-refractivity contribution < 1.29 is 29.7 Å². The van der Waals surface area contributed by atoms with Gasteiger partial charge < -0.3 is 0 Å².